The van der Waals surface area contributed by atoms with E-state index in [4.69, 9.17) is 5.73 Å². The minimum Gasteiger partial charge on any atom is -0.335 e. The minimum atomic E-state index is -3.45. The van der Waals surface area contributed by atoms with Crippen LogP contribution in [0.2, 0.25) is 0 Å². The summed E-state index contributed by atoms with van der Waals surface area (Å²) in [7, 11) is -3.45. The van der Waals surface area contributed by atoms with Gasteiger partial charge in [-0.2, -0.15) is 0 Å². The van der Waals surface area contributed by atoms with Crippen molar-refractivity contribution in [3.63, 3.8) is 0 Å². The van der Waals surface area contributed by atoms with Crippen LogP contribution in [0.1, 0.15) is 19.3 Å². The van der Waals surface area contributed by atoms with Gasteiger partial charge in [-0.15, -0.1) is 0 Å². The Kier molecular flexibility index (Phi) is 3.27. The molecular weight excluding hydrogens is 228 g/mol. The molecule has 1 saturated carbocycles. The van der Waals surface area contributed by atoms with Crippen molar-refractivity contribution in [3.8, 4) is 0 Å². The molecule has 1 aliphatic rings. The molecule has 6 nitrogen and oxygen atoms in total. The zero-order valence-corrected chi connectivity index (χ0v) is 9.70. The Morgan fingerprint density at radius 3 is 2.94 bits per heavy atom. The highest BCUT2D eigenvalue weighted by molar-refractivity contribution is 7.89. The number of hydrogen-bond donors (Lipinski definition) is 3. The van der Waals surface area contributed by atoms with E-state index in [0.717, 1.165) is 19.3 Å². The molecule has 0 bridgehead atoms. The van der Waals surface area contributed by atoms with Gasteiger partial charge in [0, 0.05) is 12.6 Å². The molecule has 1 aliphatic carbocycles. The molecule has 0 aromatic carbocycles. The molecule has 90 valence electrons. The molecule has 0 radical (unpaired) electrons. The fourth-order valence-corrected chi connectivity index (χ4v) is 3.00. The Morgan fingerprint density at radius 2 is 2.38 bits per heavy atom. The number of nitrogens with one attached hydrogen (secondary N) is 2. The highest BCUT2D eigenvalue weighted by atomic mass is 32.2. The van der Waals surface area contributed by atoms with Gasteiger partial charge < -0.3 is 10.7 Å². The molecule has 1 aromatic heterocycles. The van der Waals surface area contributed by atoms with Gasteiger partial charge in [-0.25, -0.2) is 18.1 Å². The van der Waals surface area contributed by atoms with Crippen LogP contribution in [0, 0.1) is 5.92 Å². The van der Waals surface area contributed by atoms with Gasteiger partial charge in [-0.1, -0.05) is 6.42 Å². The first kappa shape index (κ1) is 11.6. The summed E-state index contributed by atoms with van der Waals surface area (Å²) >= 11 is 0. The lowest BCUT2D eigenvalue weighted by molar-refractivity contribution is 0.469. The highest BCUT2D eigenvalue weighted by Gasteiger charge is 2.26. The highest BCUT2D eigenvalue weighted by Crippen LogP contribution is 2.23. The van der Waals surface area contributed by atoms with Gasteiger partial charge in [-0.3, -0.25) is 0 Å². The predicted molar refractivity (Wildman–Crippen MR) is 59.1 cm³/mol. The molecule has 1 aromatic rings. The van der Waals surface area contributed by atoms with Crippen molar-refractivity contribution in [3.05, 3.63) is 12.5 Å². The number of nitrogens with zero attached hydrogens (tertiary/aromatic N) is 1. The number of rotatable bonds is 4. The lowest BCUT2D eigenvalue weighted by Gasteiger charge is -2.15. The standard InChI is InChI=1S/C9H16N4O2S/c10-8-3-1-2-7(8)4-13-16(14,15)9-5-11-6-12-9/h5-8,13H,1-4,10H2,(H,11,12). The van der Waals surface area contributed by atoms with E-state index >= 15 is 0 Å². The SMILES string of the molecule is NC1CCCC1CNS(=O)(=O)c1cnc[nH]1. The van der Waals surface area contributed by atoms with Gasteiger partial charge in [0.2, 0.25) is 0 Å². The lowest BCUT2D eigenvalue weighted by atomic mass is 10.1. The normalized spacial score (nSPS) is 26.1. The molecular formula is C9H16N4O2S. The van der Waals surface area contributed by atoms with E-state index in [-0.39, 0.29) is 17.0 Å². The molecule has 2 unspecified atom stereocenters. The van der Waals surface area contributed by atoms with Crippen LogP contribution in [-0.2, 0) is 10.0 Å². The van der Waals surface area contributed by atoms with Crippen molar-refractivity contribution in [2.45, 2.75) is 30.3 Å². The van der Waals surface area contributed by atoms with E-state index in [1.54, 1.807) is 0 Å². The van der Waals surface area contributed by atoms with Gasteiger partial charge >= 0.3 is 0 Å². The molecule has 2 atom stereocenters. The van der Waals surface area contributed by atoms with Crippen molar-refractivity contribution in [1.29, 1.82) is 0 Å². The largest absolute Gasteiger partial charge is 0.335 e. The number of sulfonamides is 1. The van der Waals surface area contributed by atoms with E-state index in [1.807, 2.05) is 0 Å². The Labute approximate surface area is 94.7 Å². The average Bonchev–Trinajstić information content (AvgIpc) is 2.85. The van der Waals surface area contributed by atoms with Crippen molar-refractivity contribution in [1.82, 2.24) is 14.7 Å². The third-order valence-electron chi connectivity index (χ3n) is 3.02. The Hall–Kier alpha value is -0.920. The quantitative estimate of drug-likeness (QED) is 0.683. The minimum absolute atomic E-state index is 0.0964. The number of hydrogen-bond acceptors (Lipinski definition) is 4. The molecule has 0 saturated heterocycles. The molecule has 16 heavy (non-hydrogen) atoms. The smallest absolute Gasteiger partial charge is 0.257 e. The number of H-pyrrole nitrogens is 1. The van der Waals surface area contributed by atoms with E-state index in [1.165, 1.54) is 12.5 Å². The first-order valence-electron chi connectivity index (χ1n) is 5.33. The summed E-state index contributed by atoms with van der Waals surface area (Å²) in [5.41, 5.74) is 5.87. The number of imidazole rings is 1. The van der Waals surface area contributed by atoms with Crippen LogP contribution >= 0.6 is 0 Å². The van der Waals surface area contributed by atoms with Crippen LogP contribution in [0.25, 0.3) is 0 Å². The summed E-state index contributed by atoms with van der Waals surface area (Å²) < 4.78 is 26.0. The number of aromatic nitrogens is 2. The van der Waals surface area contributed by atoms with Gasteiger partial charge in [0.05, 0.1) is 12.5 Å². The average molecular weight is 244 g/mol. The second-order valence-corrected chi connectivity index (χ2v) is 5.86. The molecule has 4 N–H and O–H groups in total. The van der Waals surface area contributed by atoms with Crippen molar-refractivity contribution in [2.75, 3.05) is 6.54 Å². The monoisotopic (exact) mass is 244 g/mol. The Bertz CT molecular complexity index is 428. The summed E-state index contributed by atoms with van der Waals surface area (Å²) in [4.78, 5) is 6.25. The van der Waals surface area contributed by atoms with Crippen LogP contribution < -0.4 is 10.5 Å². The fraction of sp³-hybridized carbons (Fsp3) is 0.667. The van der Waals surface area contributed by atoms with Crippen molar-refractivity contribution < 1.29 is 8.42 Å². The van der Waals surface area contributed by atoms with E-state index in [0.29, 0.717) is 6.54 Å². The molecule has 1 fully saturated rings. The third-order valence-corrected chi connectivity index (χ3v) is 4.37. The first-order chi connectivity index (χ1) is 7.59. The molecule has 0 amide bonds. The zero-order chi connectivity index (χ0) is 11.6. The van der Waals surface area contributed by atoms with Crippen LogP contribution in [-0.4, -0.2) is 31.0 Å². The second kappa shape index (κ2) is 4.52. The maximum atomic E-state index is 11.7. The maximum Gasteiger partial charge on any atom is 0.257 e. The molecule has 7 heteroatoms. The molecule has 0 aliphatic heterocycles. The number of nitrogens with two attached hydrogens (primary N) is 1. The second-order valence-electron chi connectivity index (χ2n) is 4.12. The van der Waals surface area contributed by atoms with Crippen molar-refractivity contribution in [2.24, 2.45) is 11.7 Å². The molecule has 1 heterocycles. The Balaban J connectivity index is 1.95. The first-order valence-corrected chi connectivity index (χ1v) is 6.81. The summed E-state index contributed by atoms with van der Waals surface area (Å²) in [5, 5.41) is 0.0964. The zero-order valence-electron chi connectivity index (χ0n) is 8.89. The van der Waals surface area contributed by atoms with E-state index < -0.39 is 10.0 Å². The lowest BCUT2D eigenvalue weighted by Crippen LogP contribution is -2.36. The van der Waals surface area contributed by atoms with E-state index in [2.05, 4.69) is 14.7 Å². The third kappa shape index (κ3) is 2.42. The van der Waals surface area contributed by atoms with Crippen LogP contribution in [0.3, 0.4) is 0 Å². The topological polar surface area (TPSA) is 101 Å². The number of aromatic amines is 1. The fourth-order valence-electron chi connectivity index (χ4n) is 2.00. The summed E-state index contributed by atoms with van der Waals surface area (Å²) in [6.07, 6.45) is 5.69. The van der Waals surface area contributed by atoms with Crippen LogP contribution in [0.5, 0.6) is 0 Å². The van der Waals surface area contributed by atoms with Gasteiger partial charge in [-0.05, 0) is 18.8 Å². The van der Waals surface area contributed by atoms with Crippen molar-refractivity contribution >= 4 is 10.0 Å². The van der Waals surface area contributed by atoms with Gasteiger partial charge in [0.1, 0.15) is 0 Å². The van der Waals surface area contributed by atoms with Gasteiger partial charge in [0.25, 0.3) is 10.0 Å². The summed E-state index contributed by atoms with van der Waals surface area (Å²) in [6, 6.07) is 0.115. The van der Waals surface area contributed by atoms with Gasteiger partial charge in [0.15, 0.2) is 5.03 Å². The Morgan fingerprint density at radius 1 is 1.56 bits per heavy atom. The summed E-state index contributed by atoms with van der Waals surface area (Å²) in [6.45, 7) is 0.405. The van der Waals surface area contributed by atoms with Crippen LogP contribution in [0.4, 0.5) is 0 Å². The predicted octanol–water partition coefficient (Wildman–Crippen LogP) is -0.185. The molecule has 0 spiro atoms. The van der Waals surface area contributed by atoms with Crippen LogP contribution in [0.15, 0.2) is 17.6 Å². The summed E-state index contributed by atoms with van der Waals surface area (Å²) in [5.74, 6) is 0.248. The molecule has 2 rings (SSSR count). The maximum absolute atomic E-state index is 11.7. The van der Waals surface area contributed by atoms with E-state index in [9.17, 15) is 8.42 Å².